The highest BCUT2D eigenvalue weighted by Gasteiger charge is 2.29. The highest BCUT2D eigenvalue weighted by Crippen LogP contribution is 2.27. The maximum absolute atomic E-state index is 12.5. The summed E-state index contributed by atoms with van der Waals surface area (Å²) in [6.45, 7) is 0. The van der Waals surface area contributed by atoms with Crippen LogP contribution >= 0.6 is 11.6 Å². The monoisotopic (exact) mass is 351 g/mol. The Morgan fingerprint density at radius 2 is 2.17 bits per heavy atom. The van der Waals surface area contributed by atoms with Gasteiger partial charge in [0.1, 0.15) is 11.5 Å². The number of halogens is 1. The Bertz CT molecular complexity index is 791. The molecule has 0 aromatic carbocycles. The number of hydrogen-bond acceptors (Lipinski definition) is 3. The van der Waals surface area contributed by atoms with E-state index in [1.807, 2.05) is 0 Å². The summed E-state index contributed by atoms with van der Waals surface area (Å²) in [7, 11) is 3.52. The van der Waals surface area contributed by atoms with Crippen LogP contribution in [0.1, 0.15) is 42.0 Å². The molecule has 1 aliphatic carbocycles. The van der Waals surface area contributed by atoms with Crippen LogP contribution in [0.5, 0.6) is 0 Å². The van der Waals surface area contributed by atoms with Crippen LogP contribution in [0.2, 0.25) is 5.02 Å². The molecule has 2 atom stereocenters. The van der Waals surface area contributed by atoms with E-state index in [1.165, 1.54) is 4.57 Å². The molecule has 0 saturated heterocycles. The first kappa shape index (κ1) is 16.8. The molecule has 1 amide bonds. The Morgan fingerprint density at radius 1 is 1.42 bits per heavy atom. The number of nitrogens with zero attached hydrogens (tertiary/aromatic N) is 3. The van der Waals surface area contributed by atoms with Gasteiger partial charge in [-0.15, -0.1) is 0 Å². The minimum atomic E-state index is -0.208. The predicted octanol–water partition coefficient (Wildman–Crippen LogP) is 1.63. The van der Waals surface area contributed by atoms with Gasteiger partial charge in [0.05, 0.1) is 5.02 Å². The lowest BCUT2D eigenvalue weighted by Crippen LogP contribution is -2.43. The lowest BCUT2D eigenvalue weighted by molar-refractivity contribution is 0.0896. The molecule has 2 N–H and O–H groups in total. The average Bonchev–Trinajstić information content (AvgIpc) is 3.05. The zero-order chi connectivity index (χ0) is 17.3. The van der Waals surface area contributed by atoms with E-state index < -0.39 is 0 Å². The Balaban J connectivity index is 1.72. The van der Waals surface area contributed by atoms with E-state index in [0.717, 1.165) is 31.5 Å². The smallest absolute Gasteiger partial charge is 0.343 e. The van der Waals surface area contributed by atoms with Crippen LogP contribution in [0.3, 0.4) is 0 Å². The molecule has 130 valence electrons. The van der Waals surface area contributed by atoms with Crippen LogP contribution in [-0.4, -0.2) is 31.3 Å². The fraction of sp³-hybridized carbons (Fsp3) is 0.562. The van der Waals surface area contributed by atoms with E-state index in [0.29, 0.717) is 17.1 Å². The lowest BCUT2D eigenvalue weighted by Gasteiger charge is -2.32. The summed E-state index contributed by atoms with van der Waals surface area (Å²) in [5.41, 5.74) is 0.344. The molecule has 0 radical (unpaired) electrons. The largest absolute Gasteiger partial charge is 0.348 e. The summed E-state index contributed by atoms with van der Waals surface area (Å²) < 4.78 is 3.26. The van der Waals surface area contributed by atoms with Gasteiger partial charge in [-0.25, -0.2) is 9.89 Å². The number of hydrogen-bond donors (Lipinski definition) is 2. The van der Waals surface area contributed by atoms with Gasteiger partial charge >= 0.3 is 5.69 Å². The zero-order valence-electron chi connectivity index (χ0n) is 13.9. The molecule has 1 saturated carbocycles. The number of H-pyrrole nitrogens is 1. The molecule has 0 aliphatic heterocycles. The van der Waals surface area contributed by atoms with Crippen LogP contribution < -0.4 is 11.0 Å². The average molecular weight is 352 g/mol. The van der Waals surface area contributed by atoms with Gasteiger partial charge in [0, 0.05) is 32.8 Å². The molecule has 2 heterocycles. The molecule has 2 aromatic rings. The molecule has 0 unspecified atom stereocenters. The first-order valence-electron chi connectivity index (χ1n) is 8.18. The first-order valence-corrected chi connectivity index (χ1v) is 8.56. The van der Waals surface area contributed by atoms with Gasteiger partial charge in [0.15, 0.2) is 0 Å². The number of aromatic amines is 1. The normalized spacial score (nSPS) is 21.0. The van der Waals surface area contributed by atoms with Crippen molar-refractivity contribution in [1.29, 1.82) is 0 Å². The third kappa shape index (κ3) is 3.40. The summed E-state index contributed by atoms with van der Waals surface area (Å²) in [4.78, 5) is 24.1. The van der Waals surface area contributed by atoms with Crippen LogP contribution in [0.4, 0.5) is 0 Å². The first-order chi connectivity index (χ1) is 11.5. The fourth-order valence-corrected chi connectivity index (χ4v) is 3.68. The van der Waals surface area contributed by atoms with E-state index in [1.54, 1.807) is 30.9 Å². The molecule has 3 rings (SSSR count). The molecule has 2 aromatic heterocycles. The van der Waals surface area contributed by atoms with Crippen LogP contribution in [-0.2, 0) is 20.5 Å². The molecule has 1 aliphatic rings. The van der Waals surface area contributed by atoms with Crippen molar-refractivity contribution >= 4 is 17.5 Å². The van der Waals surface area contributed by atoms with Gasteiger partial charge < -0.3 is 9.88 Å². The highest BCUT2D eigenvalue weighted by atomic mass is 35.5. The van der Waals surface area contributed by atoms with Gasteiger partial charge in [-0.05, 0) is 24.8 Å². The van der Waals surface area contributed by atoms with Gasteiger partial charge in [0.2, 0.25) is 0 Å². The molecular weight excluding hydrogens is 330 g/mol. The van der Waals surface area contributed by atoms with Crippen molar-refractivity contribution in [2.75, 3.05) is 0 Å². The van der Waals surface area contributed by atoms with Crippen LogP contribution in [0.25, 0.3) is 0 Å². The van der Waals surface area contributed by atoms with Crippen molar-refractivity contribution in [2.24, 2.45) is 20.0 Å². The number of aromatic nitrogens is 4. The zero-order valence-corrected chi connectivity index (χ0v) is 14.6. The van der Waals surface area contributed by atoms with Crippen molar-refractivity contribution in [3.63, 3.8) is 0 Å². The number of rotatable bonds is 4. The van der Waals surface area contributed by atoms with Crippen LogP contribution in [0, 0.1) is 5.92 Å². The van der Waals surface area contributed by atoms with Gasteiger partial charge in [-0.2, -0.15) is 5.10 Å². The number of nitrogens with one attached hydrogen (secondary N) is 2. The second-order valence-corrected chi connectivity index (χ2v) is 6.92. The second kappa shape index (κ2) is 6.84. The van der Waals surface area contributed by atoms with Crippen LogP contribution in [0.15, 0.2) is 17.1 Å². The summed E-state index contributed by atoms with van der Waals surface area (Å²) >= 11 is 5.96. The number of aryl methyl sites for hydroxylation is 1. The number of carbonyl (C=O) groups is 1. The SMILES string of the molecule is Cn1cc(Cl)cc1C(=O)N[C@@H]1CCCC[C@@H]1Cc1n[nH]c(=O)n1C. The Labute approximate surface area is 145 Å². The van der Waals surface area contributed by atoms with E-state index >= 15 is 0 Å². The molecule has 0 bridgehead atoms. The topological polar surface area (TPSA) is 84.7 Å². The van der Waals surface area contributed by atoms with Crippen molar-refractivity contribution in [3.05, 3.63) is 39.3 Å². The summed E-state index contributed by atoms with van der Waals surface area (Å²) in [5.74, 6) is 0.887. The van der Waals surface area contributed by atoms with Crippen molar-refractivity contribution < 1.29 is 4.79 Å². The van der Waals surface area contributed by atoms with E-state index in [-0.39, 0.29) is 23.6 Å². The summed E-state index contributed by atoms with van der Waals surface area (Å²) in [5, 5.41) is 10.3. The molecule has 7 nitrogen and oxygen atoms in total. The number of amides is 1. The quantitative estimate of drug-likeness (QED) is 0.878. The Hall–Kier alpha value is -2.02. The van der Waals surface area contributed by atoms with E-state index in [9.17, 15) is 9.59 Å². The Morgan fingerprint density at radius 3 is 2.79 bits per heavy atom. The molecule has 0 spiro atoms. The maximum Gasteiger partial charge on any atom is 0.343 e. The third-order valence-corrected chi connectivity index (χ3v) is 5.05. The molecule has 24 heavy (non-hydrogen) atoms. The summed E-state index contributed by atoms with van der Waals surface area (Å²) in [6.07, 6.45) is 6.56. The predicted molar refractivity (Wildman–Crippen MR) is 91.2 cm³/mol. The minimum absolute atomic E-state index is 0.0757. The van der Waals surface area contributed by atoms with Gasteiger partial charge in [-0.3, -0.25) is 9.36 Å². The molecular formula is C16H22ClN5O2. The van der Waals surface area contributed by atoms with E-state index in [2.05, 4.69) is 15.5 Å². The van der Waals surface area contributed by atoms with Gasteiger partial charge in [-0.1, -0.05) is 24.4 Å². The highest BCUT2D eigenvalue weighted by molar-refractivity contribution is 6.31. The lowest BCUT2D eigenvalue weighted by atomic mass is 9.82. The standard InChI is InChI=1S/C16H22ClN5O2/c1-21-9-11(17)8-13(21)15(23)18-12-6-4-3-5-10(12)7-14-19-20-16(24)22(14)2/h8-10,12H,3-7H2,1-2H3,(H,18,23)(H,20,24)/t10-,12-/m1/s1. The molecule has 1 fully saturated rings. The fourth-order valence-electron chi connectivity index (χ4n) is 3.43. The Kier molecular flexibility index (Phi) is 4.80. The van der Waals surface area contributed by atoms with Crippen molar-refractivity contribution in [2.45, 2.75) is 38.1 Å². The minimum Gasteiger partial charge on any atom is -0.348 e. The molecule has 8 heteroatoms. The maximum atomic E-state index is 12.5. The van der Waals surface area contributed by atoms with Gasteiger partial charge in [0.25, 0.3) is 5.91 Å². The summed E-state index contributed by atoms with van der Waals surface area (Å²) in [6, 6.07) is 1.75. The van der Waals surface area contributed by atoms with Crippen molar-refractivity contribution in [3.8, 4) is 0 Å². The number of carbonyl (C=O) groups excluding carboxylic acids is 1. The van der Waals surface area contributed by atoms with Crippen molar-refractivity contribution in [1.82, 2.24) is 24.6 Å². The third-order valence-electron chi connectivity index (χ3n) is 4.85. The second-order valence-electron chi connectivity index (χ2n) is 6.49. The van der Waals surface area contributed by atoms with E-state index in [4.69, 9.17) is 11.6 Å².